The molecule has 0 bridgehead atoms. The quantitative estimate of drug-likeness (QED) is 0.429. The normalized spacial score (nSPS) is 15.4. The van der Waals surface area contributed by atoms with Crippen LogP contribution in [0.1, 0.15) is 61.3 Å². The van der Waals surface area contributed by atoms with Crippen LogP contribution in [0.5, 0.6) is 0 Å². The van der Waals surface area contributed by atoms with Crippen LogP contribution < -0.4 is 5.32 Å². The number of fused-ring (bicyclic) bond motifs is 2. The molecular formula is C25H27NO3S. The number of para-hydroxylation sites is 1. The SMILES string of the molecule is CCCC(C=O)/C(C)=C(\c1cc2ccccc2o1)c1c(NC=O)sc2c1CCCC2. The second-order valence-corrected chi connectivity index (χ2v) is 9.02. The molecule has 4 nitrogen and oxygen atoms in total. The minimum Gasteiger partial charge on any atom is -0.456 e. The zero-order valence-corrected chi connectivity index (χ0v) is 18.3. The van der Waals surface area contributed by atoms with E-state index in [-0.39, 0.29) is 5.92 Å². The van der Waals surface area contributed by atoms with Crippen molar-refractivity contribution < 1.29 is 14.0 Å². The molecule has 0 spiro atoms. The molecule has 1 amide bonds. The first-order valence-corrected chi connectivity index (χ1v) is 11.5. The van der Waals surface area contributed by atoms with Crippen LogP contribution in [0.15, 0.2) is 40.3 Å². The highest BCUT2D eigenvalue weighted by Crippen LogP contribution is 2.46. The molecule has 2 aromatic heterocycles. The zero-order valence-electron chi connectivity index (χ0n) is 17.5. The van der Waals surface area contributed by atoms with Gasteiger partial charge in [0.1, 0.15) is 22.6 Å². The molecular weight excluding hydrogens is 394 g/mol. The molecule has 0 saturated heterocycles. The molecule has 0 fully saturated rings. The fourth-order valence-corrected chi connectivity index (χ4v) is 5.74. The summed E-state index contributed by atoms with van der Waals surface area (Å²) in [5.74, 6) is 0.582. The van der Waals surface area contributed by atoms with Gasteiger partial charge in [0.15, 0.2) is 0 Å². The van der Waals surface area contributed by atoms with Crippen molar-refractivity contribution in [3.8, 4) is 0 Å². The Balaban J connectivity index is 2.00. The van der Waals surface area contributed by atoms with E-state index in [2.05, 4.69) is 18.3 Å². The number of thiophene rings is 1. The van der Waals surface area contributed by atoms with E-state index in [0.29, 0.717) is 0 Å². The largest absolute Gasteiger partial charge is 0.456 e. The first kappa shape index (κ1) is 20.6. The average Bonchev–Trinajstić information content (AvgIpc) is 3.34. The van der Waals surface area contributed by atoms with Gasteiger partial charge in [0.05, 0.1) is 0 Å². The topological polar surface area (TPSA) is 59.3 Å². The number of allylic oxidation sites excluding steroid dienone is 1. The molecule has 1 aliphatic rings. The van der Waals surface area contributed by atoms with Gasteiger partial charge in [-0.15, -0.1) is 11.3 Å². The highest BCUT2D eigenvalue weighted by atomic mass is 32.1. The summed E-state index contributed by atoms with van der Waals surface area (Å²) in [7, 11) is 0. The lowest BCUT2D eigenvalue weighted by Crippen LogP contribution is -2.09. The molecule has 1 N–H and O–H groups in total. The van der Waals surface area contributed by atoms with Crippen LogP contribution in [0.4, 0.5) is 5.00 Å². The summed E-state index contributed by atoms with van der Waals surface area (Å²) in [6.45, 7) is 4.13. The van der Waals surface area contributed by atoms with Gasteiger partial charge >= 0.3 is 0 Å². The van der Waals surface area contributed by atoms with Crippen LogP contribution >= 0.6 is 11.3 Å². The van der Waals surface area contributed by atoms with E-state index in [9.17, 15) is 9.59 Å². The molecule has 1 atom stereocenters. The van der Waals surface area contributed by atoms with Gasteiger partial charge in [-0.1, -0.05) is 37.1 Å². The molecule has 0 aliphatic heterocycles. The fraction of sp³-hybridized carbons (Fsp3) is 0.360. The van der Waals surface area contributed by atoms with E-state index < -0.39 is 0 Å². The molecule has 1 unspecified atom stereocenters. The maximum absolute atomic E-state index is 12.0. The van der Waals surface area contributed by atoms with Gasteiger partial charge in [0.25, 0.3) is 0 Å². The van der Waals surface area contributed by atoms with Gasteiger partial charge in [0.2, 0.25) is 6.41 Å². The van der Waals surface area contributed by atoms with E-state index in [1.807, 2.05) is 31.2 Å². The van der Waals surface area contributed by atoms with Gasteiger partial charge in [0, 0.05) is 27.3 Å². The summed E-state index contributed by atoms with van der Waals surface area (Å²) in [5, 5.41) is 4.82. The molecule has 30 heavy (non-hydrogen) atoms. The summed E-state index contributed by atoms with van der Waals surface area (Å²) in [6, 6.07) is 10.0. The highest BCUT2D eigenvalue weighted by molar-refractivity contribution is 7.16. The van der Waals surface area contributed by atoms with Crippen molar-refractivity contribution in [2.24, 2.45) is 5.92 Å². The summed E-state index contributed by atoms with van der Waals surface area (Å²) >= 11 is 1.66. The lowest BCUT2D eigenvalue weighted by atomic mass is 9.85. The molecule has 3 aromatic rings. The molecule has 1 aromatic carbocycles. The van der Waals surface area contributed by atoms with Gasteiger partial charge in [-0.25, -0.2) is 0 Å². The number of hydrogen-bond donors (Lipinski definition) is 1. The summed E-state index contributed by atoms with van der Waals surface area (Å²) < 4.78 is 6.29. The zero-order chi connectivity index (χ0) is 21.1. The first-order chi connectivity index (χ1) is 14.7. The third-order valence-corrected chi connectivity index (χ3v) is 7.22. The monoisotopic (exact) mass is 421 g/mol. The number of benzene rings is 1. The number of amides is 1. The number of carbonyl (C=O) groups excluding carboxylic acids is 2. The minimum absolute atomic E-state index is 0.179. The van der Waals surface area contributed by atoms with Gasteiger partial charge in [-0.05, 0) is 56.7 Å². The van der Waals surface area contributed by atoms with Crippen LogP contribution in [0, 0.1) is 5.92 Å². The Kier molecular flexibility index (Phi) is 6.18. The Bertz CT molecular complexity index is 1070. The highest BCUT2D eigenvalue weighted by Gasteiger charge is 2.28. The summed E-state index contributed by atoms with van der Waals surface area (Å²) in [5.41, 5.74) is 5.13. The number of nitrogens with one attached hydrogen (secondary N) is 1. The molecule has 4 rings (SSSR count). The van der Waals surface area contributed by atoms with E-state index >= 15 is 0 Å². The number of carbonyl (C=O) groups is 2. The Morgan fingerprint density at radius 3 is 2.77 bits per heavy atom. The van der Waals surface area contributed by atoms with Crippen molar-refractivity contribution in [3.05, 3.63) is 57.7 Å². The molecule has 0 saturated carbocycles. The average molecular weight is 422 g/mol. The van der Waals surface area contributed by atoms with Crippen molar-refractivity contribution >= 4 is 45.6 Å². The lowest BCUT2D eigenvalue weighted by molar-refractivity contribution is -0.110. The van der Waals surface area contributed by atoms with E-state index in [4.69, 9.17) is 4.42 Å². The number of aldehydes is 1. The third kappa shape index (κ3) is 3.74. The van der Waals surface area contributed by atoms with Crippen molar-refractivity contribution in [1.82, 2.24) is 0 Å². The smallest absolute Gasteiger partial charge is 0.212 e. The standard InChI is InChI=1S/C25H27NO3S/c1-3-8-18(14-27)16(2)23(21-13-17-9-4-6-11-20(17)29-21)24-19-10-5-7-12-22(19)30-25(24)26-15-28/h4,6,9,11,13-15,18H,3,5,7-8,10,12H2,1-2H3,(H,26,28)/b23-16+. The number of aryl methyl sites for hydroxylation is 1. The Labute approximate surface area is 181 Å². The molecule has 2 heterocycles. The third-order valence-electron chi connectivity index (χ3n) is 6.00. The summed E-state index contributed by atoms with van der Waals surface area (Å²) in [6.07, 6.45) is 7.84. The predicted molar refractivity (Wildman–Crippen MR) is 123 cm³/mol. The second kappa shape index (κ2) is 9.00. The molecule has 1 aliphatic carbocycles. The van der Waals surface area contributed by atoms with Crippen molar-refractivity contribution in [2.75, 3.05) is 5.32 Å². The predicted octanol–water partition coefficient (Wildman–Crippen LogP) is 6.38. The maximum atomic E-state index is 12.0. The first-order valence-electron chi connectivity index (χ1n) is 10.7. The van der Waals surface area contributed by atoms with Crippen molar-refractivity contribution in [2.45, 2.75) is 52.4 Å². The molecule has 5 heteroatoms. The number of rotatable bonds is 8. The number of furan rings is 1. The van der Waals surface area contributed by atoms with E-state index in [1.54, 1.807) is 11.3 Å². The van der Waals surface area contributed by atoms with E-state index in [1.165, 1.54) is 16.9 Å². The number of hydrogen-bond acceptors (Lipinski definition) is 4. The van der Waals surface area contributed by atoms with Gasteiger partial charge in [-0.2, -0.15) is 0 Å². The fourth-order valence-electron chi connectivity index (χ4n) is 4.49. The van der Waals surface area contributed by atoms with Crippen LogP contribution in [0.3, 0.4) is 0 Å². The Hall–Kier alpha value is -2.66. The van der Waals surface area contributed by atoms with Gasteiger partial charge in [-0.3, -0.25) is 4.79 Å². The van der Waals surface area contributed by atoms with Crippen molar-refractivity contribution in [1.29, 1.82) is 0 Å². The maximum Gasteiger partial charge on any atom is 0.212 e. The second-order valence-electron chi connectivity index (χ2n) is 7.91. The summed E-state index contributed by atoms with van der Waals surface area (Å²) in [4.78, 5) is 24.7. The number of anilines is 1. The lowest BCUT2D eigenvalue weighted by Gasteiger charge is -2.19. The van der Waals surface area contributed by atoms with Crippen LogP contribution in [-0.2, 0) is 22.4 Å². The van der Waals surface area contributed by atoms with Crippen LogP contribution in [0.2, 0.25) is 0 Å². The molecule has 156 valence electrons. The van der Waals surface area contributed by atoms with E-state index in [0.717, 1.165) is 83.2 Å². The van der Waals surface area contributed by atoms with Crippen LogP contribution in [0.25, 0.3) is 16.5 Å². The van der Waals surface area contributed by atoms with Gasteiger partial charge < -0.3 is 14.5 Å². The molecule has 0 radical (unpaired) electrons. The van der Waals surface area contributed by atoms with Crippen molar-refractivity contribution in [3.63, 3.8) is 0 Å². The minimum atomic E-state index is -0.179. The van der Waals surface area contributed by atoms with Crippen LogP contribution in [-0.4, -0.2) is 12.7 Å². The Morgan fingerprint density at radius 1 is 1.23 bits per heavy atom. The Morgan fingerprint density at radius 2 is 2.03 bits per heavy atom.